The number of likely N-dealkylation sites (N-methyl/N-ethyl adjacent to an activating group) is 1. The van der Waals surface area contributed by atoms with E-state index in [0.717, 1.165) is 11.3 Å². The van der Waals surface area contributed by atoms with Gasteiger partial charge in [0.25, 0.3) is 0 Å². The lowest BCUT2D eigenvalue weighted by molar-refractivity contribution is -0.117. The number of rotatable bonds is 5. The number of fused-ring (bicyclic) bond motifs is 1. The normalized spacial score (nSPS) is 16.4. The Morgan fingerprint density at radius 1 is 1.43 bits per heavy atom. The summed E-state index contributed by atoms with van der Waals surface area (Å²) >= 11 is 0. The zero-order chi connectivity index (χ0) is 15.8. The molecule has 21 heavy (non-hydrogen) atoms. The van der Waals surface area contributed by atoms with E-state index in [-0.39, 0.29) is 23.8 Å². The van der Waals surface area contributed by atoms with Crippen molar-refractivity contribution in [1.82, 2.24) is 4.31 Å². The van der Waals surface area contributed by atoms with E-state index >= 15 is 0 Å². The Bertz CT molecular complexity index is 655. The van der Waals surface area contributed by atoms with Crippen molar-refractivity contribution in [1.29, 1.82) is 0 Å². The van der Waals surface area contributed by atoms with Gasteiger partial charge in [-0.05, 0) is 37.1 Å². The summed E-state index contributed by atoms with van der Waals surface area (Å²) in [4.78, 5) is 13.4. The van der Waals surface area contributed by atoms with Crippen molar-refractivity contribution >= 4 is 21.6 Å². The summed E-state index contributed by atoms with van der Waals surface area (Å²) < 4.78 is 26.1. The Kier molecular flexibility index (Phi) is 4.36. The second kappa shape index (κ2) is 5.75. The van der Waals surface area contributed by atoms with Crippen molar-refractivity contribution in [2.24, 2.45) is 0 Å². The standard InChI is InChI=1S/C14H20N2O4S/c1-10(17)6-7-15(2)21(19,20)12-4-5-13-11(8-12)9-14(18)16(13)3/h4-5,8,10,17H,6-7,9H2,1-3H3. The highest BCUT2D eigenvalue weighted by molar-refractivity contribution is 7.89. The number of carbonyl (C=O) groups is 1. The minimum atomic E-state index is -3.60. The van der Waals surface area contributed by atoms with E-state index in [0.29, 0.717) is 6.42 Å². The van der Waals surface area contributed by atoms with Crippen LogP contribution in [0.25, 0.3) is 0 Å². The van der Waals surface area contributed by atoms with Gasteiger partial charge in [-0.3, -0.25) is 4.79 Å². The molecule has 0 saturated heterocycles. The van der Waals surface area contributed by atoms with Crippen molar-refractivity contribution in [3.63, 3.8) is 0 Å². The van der Waals surface area contributed by atoms with Crippen LogP contribution < -0.4 is 4.90 Å². The van der Waals surface area contributed by atoms with Gasteiger partial charge in [0.1, 0.15) is 0 Å². The van der Waals surface area contributed by atoms with Crippen LogP contribution in [-0.4, -0.2) is 50.5 Å². The highest BCUT2D eigenvalue weighted by Crippen LogP contribution is 2.30. The maximum Gasteiger partial charge on any atom is 0.242 e. The van der Waals surface area contributed by atoms with Gasteiger partial charge >= 0.3 is 0 Å². The van der Waals surface area contributed by atoms with Gasteiger partial charge in [0, 0.05) is 26.3 Å². The number of aliphatic hydroxyl groups is 1. The number of hydrogen-bond acceptors (Lipinski definition) is 4. The maximum absolute atomic E-state index is 12.5. The van der Waals surface area contributed by atoms with Crippen molar-refractivity contribution in [3.8, 4) is 0 Å². The van der Waals surface area contributed by atoms with Crippen LogP contribution in [0.15, 0.2) is 23.1 Å². The van der Waals surface area contributed by atoms with E-state index in [4.69, 9.17) is 0 Å². The van der Waals surface area contributed by atoms with E-state index in [1.807, 2.05) is 0 Å². The lowest BCUT2D eigenvalue weighted by Gasteiger charge is -2.18. The molecule has 1 aliphatic rings. The number of hydrogen-bond donors (Lipinski definition) is 1. The number of benzene rings is 1. The van der Waals surface area contributed by atoms with Gasteiger partial charge in [0.15, 0.2) is 0 Å². The van der Waals surface area contributed by atoms with Crippen LogP contribution in [0.4, 0.5) is 5.69 Å². The number of sulfonamides is 1. The predicted octanol–water partition coefficient (Wildman–Crippen LogP) is 0.597. The Morgan fingerprint density at radius 3 is 2.71 bits per heavy atom. The first-order chi connectivity index (χ1) is 9.73. The van der Waals surface area contributed by atoms with Crippen LogP contribution in [-0.2, 0) is 21.2 Å². The summed E-state index contributed by atoms with van der Waals surface area (Å²) in [6.45, 7) is 1.87. The summed E-state index contributed by atoms with van der Waals surface area (Å²) in [6, 6.07) is 4.74. The average Bonchev–Trinajstić information content (AvgIpc) is 2.70. The quantitative estimate of drug-likeness (QED) is 0.863. The molecule has 0 aliphatic carbocycles. The highest BCUT2D eigenvalue weighted by atomic mass is 32.2. The minimum absolute atomic E-state index is 0.0398. The molecule has 0 fully saturated rings. The summed E-state index contributed by atoms with van der Waals surface area (Å²) in [5.74, 6) is -0.0398. The molecule has 6 nitrogen and oxygen atoms in total. The molecule has 2 rings (SSSR count). The van der Waals surface area contributed by atoms with Crippen molar-refractivity contribution in [2.75, 3.05) is 25.5 Å². The molecule has 0 bridgehead atoms. The fourth-order valence-corrected chi connectivity index (χ4v) is 3.51. The van der Waals surface area contributed by atoms with Gasteiger partial charge < -0.3 is 10.0 Å². The van der Waals surface area contributed by atoms with E-state index in [2.05, 4.69) is 0 Å². The molecular formula is C14H20N2O4S. The zero-order valence-electron chi connectivity index (χ0n) is 12.4. The first kappa shape index (κ1) is 15.9. The lowest BCUT2D eigenvalue weighted by Crippen LogP contribution is -2.29. The van der Waals surface area contributed by atoms with Crippen LogP contribution in [0.5, 0.6) is 0 Å². The molecule has 1 aliphatic heterocycles. The number of nitrogens with zero attached hydrogens (tertiary/aromatic N) is 2. The molecule has 7 heteroatoms. The third-order valence-corrected chi connectivity index (χ3v) is 5.55. The third kappa shape index (κ3) is 3.09. The van der Waals surface area contributed by atoms with Crippen LogP contribution in [0.1, 0.15) is 18.9 Å². The van der Waals surface area contributed by atoms with Gasteiger partial charge in [-0.25, -0.2) is 12.7 Å². The fraction of sp³-hybridized carbons (Fsp3) is 0.500. The second-order valence-electron chi connectivity index (χ2n) is 5.38. The number of aliphatic hydroxyl groups excluding tert-OH is 1. The van der Waals surface area contributed by atoms with Crippen LogP contribution >= 0.6 is 0 Å². The van der Waals surface area contributed by atoms with Gasteiger partial charge in [0.05, 0.1) is 17.4 Å². The topological polar surface area (TPSA) is 77.9 Å². The Morgan fingerprint density at radius 2 is 2.10 bits per heavy atom. The summed E-state index contributed by atoms with van der Waals surface area (Å²) in [7, 11) is -0.433. The van der Waals surface area contributed by atoms with Crippen molar-refractivity contribution < 1.29 is 18.3 Å². The maximum atomic E-state index is 12.5. The first-order valence-corrected chi connectivity index (χ1v) is 8.21. The SMILES string of the molecule is CC(O)CCN(C)S(=O)(=O)c1ccc2c(c1)CC(=O)N2C. The molecule has 1 aromatic carbocycles. The number of amides is 1. The highest BCUT2D eigenvalue weighted by Gasteiger charge is 2.27. The molecule has 1 N–H and O–H groups in total. The molecule has 1 unspecified atom stereocenters. The third-order valence-electron chi connectivity index (χ3n) is 3.70. The smallest absolute Gasteiger partial charge is 0.242 e. The van der Waals surface area contributed by atoms with E-state index in [9.17, 15) is 18.3 Å². The lowest BCUT2D eigenvalue weighted by atomic mass is 10.2. The second-order valence-corrected chi connectivity index (χ2v) is 7.43. The van der Waals surface area contributed by atoms with Crippen LogP contribution in [0.2, 0.25) is 0 Å². The van der Waals surface area contributed by atoms with E-state index in [1.54, 1.807) is 26.1 Å². The Labute approximate surface area is 125 Å². The predicted molar refractivity (Wildman–Crippen MR) is 79.7 cm³/mol. The van der Waals surface area contributed by atoms with E-state index in [1.165, 1.54) is 22.3 Å². The number of carbonyl (C=O) groups excluding carboxylic acids is 1. The molecule has 1 aromatic rings. The van der Waals surface area contributed by atoms with Crippen molar-refractivity contribution in [3.05, 3.63) is 23.8 Å². The molecule has 0 saturated carbocycles. The molecule has 0 radical (unpaired) electrons. The molecule has 116 valence electrons. The molecular weight excluding hydrogens is 292 g/mol. The Balaban J connectivity index is 2.26. The molecule has 1 amide bonds. The average molecular weight is 312 g/mol. The summed E-state index contributed by atoms with van der Waals surface area (Å²) in [5, 5.41) is 9.26. The summed E-state index contributed by atoms with van der Waals surface area (Å²) in [5.41, 5.74) is 1.48. The monoisotopic (exact) mass is 312 g/mol. The first-order valence-electron chi connectivity index (χ1n) is 6.77. The summed E-state index contributed by atoms with van der Waals surface area (Å²) in [6.07, 6.45) is 0.0584. The zero-order valence-corrected chi connectivity index (χ0v) is 13.2. The van der Waals surface area contributed by atoms with Gasteiger partial charge in [0.2, 0.25) is 15.9 Å². The largest absolute Gasteiger partial charge is 0.393 e. The number of anilines is 1. The Hall–Kier alpha value is -1.44. The van der Waals surface area contributed by atoms with Gasteiger partial charge in [-0.1, -0.05) is 0 Å². The molecule has 1 heterocycles. The van der Waals surface area contributed by atoms with Crippen LogP contribution in [0.3, 0.4) is 0 Å². The molecule has 1 atom stereocenters. The van der Waals surface area contributed by atoms with Crippen molar-refractivity contribution in [2.45, 2.75) is 30.8 Å². The minimum Gasteiger partial charge on any atom is -0.393 e. The fourth-order valence-electron chi connectivity index (χ4n) is 2.28. The molecule has 0 aromatic heterocycles. The van der Waals surface area contributed by atoms with Gasteiger partial charge in [-0.2, -0.15) is 0 Å². The molecule has 0 spiro atoms. The van der Waals surface area contributed by atoms with Crippen LogP contribution in [0, 0.1) is 0 Å². The van der Waals surface area contributed by atoms with Gasteiger partial charge in [-0.15, -0.1) is 0 Å². The van der Waals surface area contributed by atoms with E-state index < -0.39 is 16.1 Å².